The molecule has 0 aliphatic heterocycles. The van der Waals surface area contributed by atoms with Crippen molar-refractivity contribution in [2.75, 3.05) is 31.5 Å². The molecule has 1 aromatic carbocycles. The van der Waals surface area contributed by atoms with Gasteiger partial charge in [-0.25, -0.2) is 0 Å². The van der Waals surface area contributed by atoms with Gasteiger partial charge in [-0.1, -0.05) is 49.6 Å². The molecule has 0 bridgehead atoms. The minimum atomic E-state index is -1.19. The Balaban J connectivity index is 2.19. The summed E-state index contributed by atoms with van der Waals surface area (Å²) in [5, 5.41) is 5.30. The number of nitrogens with two attached hydrogens (primary N) is 3. The van der Waals surface area contributed by atoms with Gasteiger partial charge < -0.3 is 37.7 Å². The summed E-state index contributed by atoms with van der Waals surface area (Å²) in [4.78, 5) is 55.5. The Morgan fingerprint density at radius 3 is 2.26 bits per heavy atom. The summed E-state index contributed by atoms with van der Waals surface area (Å²) in [7, 11) is 0. The van der Waals surface area contributed by atoms with Crippen molar-refractivity contribution >= 4 is 35.7 Å². The fraction of sp³-hybridized carbons (Fsp3) is 0.333. The smallest absolute Gasteiger partial charge is 0.248 e. The zero-order valence-electron chi connectivity index (χ0n) is 21.4. The van der Waals surface area contributed by atoms with Crippen LogP contribution >= 0.6 is 0 Å². The summed E-state index contributed by atoms with van der Waals surface area (Å²) in [6, 6.07) is 8.49. The number of carbonyl (C=O) groups excluding carboxylic acids is 3. The van der Waals surface area contributed by atoms with Gasteiger partial charge in [-0.15, -0.1) is 0 Å². The van der Waals surface area contributed by atoms with E-state index in [0.29, 0.717) is 30.8 Å². The van der Waals surface area contributed by atoms with Gasteiger partial charge in [-0.3, -0.25) is 19.2 Å². The van der Waals surface area contributed by atoms with Crippen LogP contribution in [0.1, 0.15) is 29.7 Å². The Hall–Kier alpha value is -4.06. The van der Waals surface area contributed by atoms with Gasteiger partial charge in [0.2, 0.25) is 17.7 Å². The third kappa shape index (κ3) is 8.80. The first-order chi connectivity index (χ1) is 18.2. The predicted octanol–water partition coefficient (Wildman–Crippen LogP) is 0.180. The molecule has 0 spiro atoms. The first-order valence-electron chi connectivity index (χ1n) is 12.3. The van der Waals surface area contributed by atoms with Crippen molar-refractivity contribution in [2.24, 2.45) is 17.2 Å². The molecule has 0 fully saturated rings. The van der Waals surface area contributed by atoms with Crippen LogP contribution in [0.15, 0.2) is 54.4 Å². The number of hydrogen-bond acceptors (Lipinski definition) is 7. The SMILES string of the molecule is C=Cc1[nH]c(NC(=O)C(CCc2ccccc2)NC(=O)C(N)CC(=O)N(CCN)CCN)cc(=O)c1C=C. The van der Waals surface area contributed by atoms with E-state index in [1.54, 1.807) is 0 Å². The number of rotatable bonds is 15. The van der Waals surface area contributed by atoms with Crippen LogP contribution in [0.3, 0.4) is 0 Å². The molecule has 0 aliphatic rings. The lowest BCUT2D eigenvalue weighted by atomic mass is 10.0. The van der Waals surface area contributed by atoms with E-state index in [4.69, 9.17) is 17.2 Å². The van der Waals surface area contributed by atoms with Crippen LogP contribution in [0.4, 0.5) is 5.82 Å². The molecule has 11 nitrogen and oxygen atoms in total. The number of aromatic amines is 1. The Labute approximate surface area is 222 Å². The van der Waals surface area contributed by atoms with Crippen molar-refractivity contribution in [3.8, 4) is 0 Å². The summed E-state index contributed by atoms with van der Waals surface area (Å²) in [6.07, 6.45) is 3.31. The highest BCUT2D eigenvalue weighted by atomic mass is 16.2. The third-order valence-corrected chi connectivity index (χ3v) is 5.85. The maximum Gasteiger partial charge on any atom is 0.248 e. The molecule has 9 N–H and O–H groups in total. The number of amides is 3. The molecular formula is C27H37N7O4. The van der Waals surface area contributed by atoms with E-state index in [-0.39, 0.29) is 43.1 Å². The number of carbonyl (C=O) groups is 3. The van der Waals surface area contributed by atoms with E-state index in [1.807, 2.05) is 30.3 Å². The van der Waals surface area contributed by atoms with Crippen LogP contribution in [0, 0.1) is 0 Å². The molecule has 1 heterocycles. The Bertz CT molecular complexity index is 1170. The quantitative estimate of drug-likeness (QED) is 0.192. The van der Waals surface area contributed by atoms with Crippen molar-refractivity contribution in [2.45, 2.75) is 31.3 Å². The van der Waals surface area contributed by atoms with Crippen LogP contribution in [0.25, 0.3) is 12.2 Å². The molecule has 0 aliphatic carbocycles. The number of H-pyrrole nitrogens is 1. The van der Waals surface area contributed by atoms with Gasteiger partial charge in [0.25, 0.3) is 0 Å². The fourth-order valence-corrected chi connectivity index (χ4v) is 3.83. The molecule has 38 heavy (non-hydrogen) atoms. The maximum absolute atomic E-state index is 13.2. The van der Waals surface area contributed by atoms with E-state index >= 15 is 0 Å². The highest BCUT2D eigenvalue weighted by Crippen LogP contribution is 2.12. The monoisotopic (exact) mass is 523 g/mol. The Morgan fingerprint density at radius 2 is 1.68 bits per heavy atom. The highest BCUT2D eigenvalue weighted by molar-refractivity contribution is 5.98. The third-order valence-electron chi connectivity index (χ3n) is 5.85. The van der Waals surface area contributed by atoms with Crippen molar-refractivity contribution in [3.05, 3.63) is 76.6 Å². The fourth-order valence-electron chi connectivity index (χ4n) is 3.83. The summed E-state index contributed by atoms with van der Waals surface area (Å²) in [5.74, 6) is -1.43. The number of aromatic nitrogens is 1. The predicted molar refractivity (Wildman–Crippen MR) is 150 cm³/mol. The second-order valence-corrected chi connectivity index (χ2v) is 8.63. The van der Waals surface area contributed by atoms with Gasteiger partial charge in [-0.05, 0) is 24.5 Å². The number of hydrogen-bond donors (Lipinski definition) is 6. The van der Waals surface area contributed by atoms with Gasteiger partial charge in [-0.2, -0.15) is 0 Å². The number of pyridine rings is 1. The van der Waals surface area contributed by atoms with Crippen molar-refractivity contribution < 1.29 is 14.4 Å². The van der Waals surface area contributed by atoms with E-state index < -0.39 is 23.9 Å². The number of anilines is 1. The molecule has 0 radical (unpaired) electrons. The molecule has 3 amide bonds. The number of aryl methyl sites for hydroxylation is 1. The highest BCUT2D eigenvalue weighted by Gasteiger charge is 2.27. The first-order valence-corrected chi connectivity index (χ1v) is 12.3. The molecule has 1 aromatic heterocycles. The summed E-state index contributed by atoms with van der Waals surface area (Å²) >= 11 is 0. The molecule has 0 saturated carbocycles. The van der Waals surface area contributed by atoms with Crippen LogP contribution in [-0.4, -0.2) is 65.9 Å². The van der Waals surface area contributed by atoms with Crippen LogP contribution in [0.5, 0.6) is 0 Å². The van der Waals surface area contributed by atoms with Gasteiger partial charge in [0.05, 0.1) is 18.2 Å². The molecule has 11 heteroatoms. The normalized spacial score (nSPS) is 12.2. The molecule has 2 unspecified atom stereocenters. The second-order valence-electron chi connectivity index (χ2n) is 8.63. The maximum atomic E-state index is 13.2. The number of benzene rings is 1. The van der Waals surface area contributed by atoms with Gasteiger partial charge in [0, 0.05) is 37.8 Å². The second kappa shape index (κ2) is 15.3. The van der Waals surface area contributed by atoms with Crippen LogP contribution in [0.2, 0.25) is 0 Å². The van der Waals surface area contributed by atoms with Crippen molar-refractivity contribution in [1.29, 1.82) is 0 Å². The molecule has 204 valence electrons. The minimum absolute atomic E-state index is 0.137. The lowest BCUT2D eigenvalue weighted by Gasteiger charge is -2.24. The standard InChI is InChI=1S/C27H37N7O4/c1-3-19-21(4-2)31-24(17-23(19)35)33-27(38)22(11-10-18-8-6-5-7-9-18)32-26(37)20(30)16-25(36)34(14-12-28)15-13-29/h3-9,17,20,22H,1-2,10-16,28-30H2,(H,32,37)(H2,31,33,35,38). The van der Waals surface area contributed by atoms with E-state index in [1.165, 1.54) is 23.1 Å². The summed E-state index contributed by atoms with van der Waals surface area (Å²) in [6.45, 7) is 8.37. The number of nitrogens with one attached hydrogen (secondary N) is 3. The zero-order valence-corrected chi connectivity index (χ0v) is 21.4. The molecule has 2 rings (SSSR count). The molecular weight excluding hydrogens is 486 g/mol. The van der Waals surface area contributed by atoms with E-state index in [2.05, 4.69) is 28.8 Å². The average Bonchev–Trinajstić information content (AvgIpc) is 2.90. The molecule has 0 saturated heterocycles. The van der Waals surface area contributed by atoms with Crippen molar-refractivity contribution in [3.63, 3.8) is 0 Å². The minimum Gasteiger partial charge on any atom is -0.343 e. The van der Waals surface area contributed by atoms with Crippen LogP contribution < -0.4 is 33.3 Å². The molecule has 2 aromatic rings. The lowest BCUT2D eigenvalue weighted by Crippen LogP contribution is -2.52. The van der Waals surface area contributed by atoms with Gasteiger partial charge >= 0.3 is 0 Å². The van der Waals surface area contributed by atoms with E-state index in [0.717, 1.165) is 5.56 Å². The van der Waals surface area contributed by atoms with Crippen LogP contribution in [-0.2, 0) is 20.8 Å². The van der Waals surface area contributed by atoms with Gasteiger partial charge in [0.1, 0.15) is 11.9 Å². The summed E-state index contributed by atoms with van der Waals surface area (Å²) in [5.41, 5.74) is 18.5. The zero-order chi connectivity index (χ0) is 28.1. The largest absolute Gasteiger partial charge is 0.343 e. The molecule has 2 atom stereocenters. The summed E-state index contributed by atoms with van der Waals surface area (Å²) < 4.78 is 0. The topological polar surface area (TPSA) is 189 Å². The lowest BCUT2D eigenvalue weighted by molar-refractivity contribution is -0.134. The average molecular weight is 524 g/mol. The first kappa shape index (κ1) is 30.2. The van der Waals surface area contributed by atoms with Gasteiger partial charge in [0.15, 0.2) is 5.43 Å². The Morgan fingerprint density at radius 1 is 1.03 bits per heavy atom. The Kier molecular flexibility index (Phi) is 12.1. The van der Waals surface area contributed by atoms with E-state index in [9.17, 15) is 19.2 Å². The van der Waals surface area contributed by atoms with Crippen molar-refractivity contribution in [1.82, 2.24) is 15.2 Å². The number of nitrogens with zero attached hydrogens (tertiary/aromatic N) is 1.